The monoisotopic (exact) mass is 391 g/mol. The van der Waals surface area contributed by atoms with Gasteiger partial charge < -0.3 is 4.90 Å². The van der Waals surface area contributed by atoms with E-state index in [1.807, 2.05) is 0 Å². The fraction of sp³-hybridized carbons (Fsp3) is 0.364. The molecule has 1 aromatic rings. The highest BCUT2D eigenvalue weighted by Gasteiger charge is 2.46. The van der Waals surface area contributed by atoms with Gasteiger partial charge >= 0.3 is 6.18 Å². The molecular formula is C11H7F5INO. The van der Waals surface area contributed by atoms with Gasteiger partial charge in [-0.15, -0.1) is 0 Å². The summed E-state index contributed by atoms with van der Waals surface area (Å²) in [6, 6.07) is 2.85. The first-order valence-corrected chi connectivity index (χ1v) is 6.22. The number of carbonyl (C=O) groups excluding carboxylic acids is 1. The van der Waals surface area contributed by atoms with E-state index < -0.39 is 36.7 Å². The molecule has 2 nitrogen and oxygen atoms in total. The molecule has 1 amide bonds. The van der Waals surface area contributed by atoms with E-state index in [1.165, 1.54) is 22.6 Å². The van der Waals surface area contributed by atoms with Gasteiger partial charge in [-0.1, -0.05) is 0 Å². The summed E-state index contributed by atoms with van der Waals surface area (Å²) in [7, 11) is 0. The van der Waals surface area contributed by atoms with Gasteiger partial charge in [0.1, 0.15) is 0 Å². The predicted octanol–water partition coefficient (Wildman–Crippen LogP) is 3.40. The largest absolute Gasteiger partial charge is 0.417 e. The number of rotatable bonds is 1. The molecule has 1 aliphatic rings. The van der Waals surface area contributed by atoms with E-state index in [9.17, 15) is 26.7 Å². The summed E-state index contributed by atoms with van der Waals surface area (Å²) in [6.07, 6.45) is -4.50. The second-order valence-corrected chi connectivity index (χ2v) is 5.37. The second-order valence-electron chi connectivity index (χ2n) is 4.21. The van der Waals surface area contributed by atoms with Crippen LogP contribution in [0.2, 0.25) is 0 Å². The van der Waals surface area contributed by atoms with Gasteiger partial charge in [-0.3, -0.25) is 4.79 Å². The second kappa shape index (κ2) is 4.57. The van der Waals surface area contributed by atoms with Gasteiger partial charge in [0, 0.05) is 9.13 Å². The highest BCUT2D eigenvalue weighted by Crippen LogP contribution is 2.34. The lowest BCUT2D eigenvalue weighted by atomic mass is 10.1. The average Bonchev–Trinajstić information content (AvgIpc) is 2.22. The summed E-state index contributed by atoms with van der Waals surface area (Å²) in [5, 5.41) is 0. The number of halogens is 6. The number of benzene rings is 1. The summed E-state index contributed by atoms with van der Waals surface area (Å²) in [6.45, 7) is -1.38. The topological polar surface area (TPSA) is 20.3 Å². The van der Waals surface area contributed by atoms with Crippen LogP contribution in [0.15, 0.2) is 18.2 Å². The molecule has 0 N–H and O–H groups in total. The Hall–Kier alpha value is -0.930. The molecule has 19 heavy (non-hydrogen) atoms. The zero-order valence-electron chi connectivity index (χ0n) is 9.27. The zero-order valence-corrected chi connectivity index (χ0v) is 11.4. The Kier molecular flexibility index (Phi) is 3.48. The Morgan fingerprint density at radius 3 is 2.26 bits per heavy atom. The third kappa shape index (κ3) is 2.98. The quantitative estimate of drug-likeness (QED) is 0.531. The minimum atomic E-state index is -4.50. The van der Waals surface area contributed by atoms with Crippen molar-refractivity contribution in [1.29, 1.82) is 0 Å². The molecule has 0 unspecified atom stereocenters. The van der Waals surface area contributed by atoms with E-state index in [4.69, 9.17) is 0 Å². The van der Waals surface area contributed by atoms with Gasteiger partial charge in [-0.05, 0) is 40.8 Å². The molecule has 0 spiro atoms. The maximum Gasteiger partial charge on any atom is 0.417 e. The highest BCUT2D eigenvalue weighted by atomic mass is 127. The average molecular weight is 391 g/mol. The van der Waals surface area contributed by atoms with Crippen molar-refractivity contribution in [3.8, 4) is 0 Å². The summed E-state index contributed by atoms with van der Waals surface area (Å²) in [4.78, 5) is 12.6. The molecule has 8 heteroatoms. The lowest BCUT2D eigenvalue weighted by molar-refractivity contribution is -0.138. The fourth-order valence-corrected chi connectivity index (χ4v) is 2.54. The minimum Gasteiger partial charge on any atom is -0.326 e. The molecule has 2 rings (SSSR count). The molecule has 1 aliphatic heterocycles. The molecule has 1 saturated heterocycles. The fourth-order valence-electron chi connectivity index (χ4n) is 1.72. The number of amides is 1. The van der Waals surface area contributed by atoms with Crippen LogP contribution >= 0.6 is 22.6 Å². The molecule has 0 atom stereocenters. The summed E-state index contributed by atoms with van der Waals surface area (Å²) < 4.78 is 62.7. The van der Waals surface area contributed by atoms with Crippen molar-refractivity contribution in [3.05, 3.63) is 32.9 Å². The molecular weight excluding hydrogens is 384 g/mol. The van der Waals surface area contributed by atoms with Crippen LogP contribution in [0.5, 0.6) is 0 Å². The van der Waals surface area contributed by atoms with E-state index in [0.717, 1.165) is 23.1 Å². The first-order chi connectivity index (χ1) is 8.60. The van der Waals surface area contributed by atoms with Crippen LogP contribution in [0.3, 0.4) is 0 Å². The molecule has 0 bridgehead atoms. The summed E-state index contributed by atoms with van der Waals surface area (Å²) in [5.74, 6) is -3.58. The summed E-state index contributed by atoms with van der Waals surface area (Å²) in [5.41, 5.74) is -0.869. The number of nitrogens with zero attached hydrogens (tertiary/aromatic N) is 1. The lowest BCUT2D eigenvalue weighted by Gasteiger charge is -2.38. The van der Waals surface area contributed by atoms with Crippen molar-refractivity contribution in [2.75, 3.05) is 13.1 Å². The standard InChI is InChI=1S/C11H7F5INO/c12-10(13)4-18(5-10)9(19)6-1-2-7(8(17)3-6)11(14,15)16/h1-3H,4-5H2. The maximum absolute atomic E-state index is 12.6. The van der Waals surface area contributed by atoms with E-state index in [1.54, 1.807) is 0 Å². The Balaban J connectivity index is 2.19. The number of hydrogen-bond acceptors (Lipinski definition) is 1. The molecule has 1 fully saturated rings. The van der Waals surface area contributed by atoms with E-state index in [-0.39, 0.29) is 9.13 Å². The van der Waals surface area contributed by atoms with E-state index in [0.29, 0.717) is 0 Å². The molecule has 0 saturated carbocycles. The van der Waals surface area contributed by atoms with Crippen molar-refractivity contribution in [2.45, 2.75) is 12.1 Å². The number of hydrogen-bond donors (Lipinski definition) is 0. The van der Waals surface area contributed by atoms with Crippen LogP contribution in [0.25, 0.3) is 0 Å². The van der Waals surface area contributed by atoms with Crippen molar-refractivity contribution >= 4 is 28.5 Å². The maximum atomic E-state index is 12.6. The highest BCUT2D eigenvalue weighted by molar-refractivity contribution is 14.1. The Morgan fingerprint density at radius 2 is 1.84 bits per heavy atom. The Morgan fingerprint density at radius 1 is 1.26 bits per heavy atom. The van der Waals surface area contributed by atoms with Crippen LogP contribution in [-0.2, 0) is 6.18 Å². The summed E-state index contributed by atoms with van der Waals surface area (Å²) >= 11 is 1.47. The number of carbonyl (C=O) groups is 1. The van der Waals surface area contributed by atoms with Crippen molar-refractivity contribution in [3.63, 3.8) is 0 Å². The van der Waals surface area contributed by atoms with Gasteiger partial charge in [-0.2, -0.15) is 13.2 Å². The zero-order chi connectivity index (χ0) is 14.4. The Bertz CT molecular complexity index is 520. The first kappa shape index (κ1) is 14.5. The molecule has 104 valence electrons. The van der Waals surface area contributed by atoms with Crippen LogP contribution in [0, 0.1) is 3.57 Å². The van der Waals surface area contributed by atoms with Crippen LogP contribution in [-0.4, -0.2) is 29.8 Å². The van der Waals surface area contributed by atoms with E-state index >= 15 is 0 Å². The third-order valence-electron chi connectivity index (χ3n) is 2.65. The van der Waals surface area contributed by atoms with E-state index in [2.05, 4.69) is 0 Å². The first-order valence-electron chi connectivity index (χ1n) is 5.14. The smallest absolute Gasteiger partial charge is 0.326 e. The van der Waals surface area contributed by atoms with Gasteiger partial charge in [0.05, 0.1) is 18.7 Å². The number of alkyl halides is 5. The molecule has 1 heterocycles. The van der Waals surface area contributed by atoms with Gasteiger partial charge in [0.25, 0.3) is 11.8 Å². The lowest BCUT2D eigenvalue weighted by Crippen LogP contribution is -2.58. The van der Waals surface area contributed by atoms with Crippen molar-refractivity contribution in [2.24, 2.45) is 0 Å². The SMILES string of the molecule is O=C(c1ccc(C(F)(F)F)c(I)c1)N1CC(F)(F)C1. The molecule has 0 aromatic heterocycles. The Labute approximate surface area is 118 Å². The minimum absolute atomic E-state index is 0.0205. The van der Waals surface area contributed by atoms with Crippen LogP contribution in [0.1, 0.15) is 15.9 Å². The predicted molar refractivity (Wildman–Crippen MR) is 65.0 cm³/mol. The number of likely N-dealkylation sites (tertiary alicyclic amines) is 1. The third-order valence-corrected chi connectivity index (χ3v) is 3.55. The van der Waals surface area contributed by atoms with Gasteiger partial charge in [-0.25, -0.2) is 8.78 Å². The molecule has 0 radical (unpaired) electrons. The van der Waals surface area contributed by atoms with Crippen molar-refractivity contribution in [1.82, 2.24) is 4.90 Å². The normalized spacial score (nSPS) is 18.1. The molecule has 1 aromatic carbocycles. The van der Waals surface area contributed by atoms with Gasteiger partial charge in [0.15, 0.2) is 0 Å². The van der Waals surface area contributed by atoms with Crippen LogP contribution < -0.4 is 0 Å². The van der Waals surface area contributed by atoms with Crippen molar-refractivity contribution < 1.29 is 26.7 Å². The van der Waals surface area contributed by atoms with Gasteiger partial charge in [0.2, 0.25) is 0 Å². The van der Waals surface area contributed by atoms with Crippen LogP contribution in [0.4, 0.5) is 22.0 Å². The molecule has 0 aliphatic carbocycles.